The maximum atomic E-state index is 6.19. The molecule has 134 valence electrons. The molecule has 0 radical (unpaired) electrons. The van der Waals surface area contributed by atoms with Gasteiger partial charge in [0.25, 0.3) is 0 Å². The molecule has 2 aliphatic heterocycles. The number of hydrogen-bond donors (Lipinski definition) is 0. The molecule has 4 heteroatoms. The monoisotopic (exact) mass is 332 g/mol. The van der Waals surface area contributed by atoms with Gasteiger partial charge in [-0.05, 0) is 36.5 Å². The molecule has 3 rings (SSSR count). The number of likely N-dealkylation sites (tertiary alicyclic amines) is 1. The van der Waals surface area contributed by atoms with E-state index in [1.165, 1.54) is 12.1 Å². The van der Waals surface area contributed by atoms with Crippen molar-refractivity contribution in [3.8, 4) is 5.75 Å². The number of piperidine rings is 1. The van der Waals surface area contributed by atoms with Crippen LogP contribution in [0, 0.1) is 5.92 Å². The lowest BCUT2D eigenvalue weighted by Crippen LogP contribution is -2.39. The Morgan fingerprint density at radius 1 is 1.00 bits per heavy atom. The summed E-state index contributed by atoms with van der Waals surface area (Å²) in [6.07, 6.45) is 2.66. The molecule has 0 N–H and O–H groups in total. The first kappa shape index (κ1) is 17.7. The van der Waals surface area contributed by atoms with Crippen LogP contribution in [0.1, 0.15) is 32.3 Å². The second kappa shape index (κ2) is 8.84. The van der Waals surface area contributed by atoms with Crippen molar-refractivity contribution in [1.29, 1.82) is 0 Å². The van der Waals surface area contributed by atoms with Crippen molar-refractivity contribution in [3.63, 3.8) is 0 Å². The van der Waals surface area contributed by atoms with Crippen molar-refractivity contribution in [3.05, 3.63) is 29.8 Å². The number of ether oxygens (including phenoxy) is 2. The Bertz CT molecular complexity index is 475. The second-order valence-corrected chi connectivity index (χ2v) is 7.54. The molecule has 24 heavy (non-hydrogen) atoms. The van der Waals surface area contributed by atoms with Crippen LogP contribution in [0.3, 0.4) is 0 Å². The molecule has 4 nitrogen and oxygen atoms in total. The topological polar surface area (TPSA) is 24.9 Å². The third-order valence-electron chi connectivity index (χ3n) is 4.89. The van der Waals surface area contributed by atoms with E-state index in [1.807, 2.05) is 0 Å². The fraction of sp³-hybridized carbons (Fsp3) is 0.700. The number of hydrogen-bond acceptors (Lipinski definition) is 4. The van der Waals surface area contributed by atoms with Gasteiger partial charge in [-0.3, -0.25) is 4.90 Å². The van der Waals surface area contributed by atoms with E-state index >= 15 is 0 Å². The van der Waals surface area contributed by atoms with Crippen LogP contribution in [0.25, 0.3) is 0 Å². The lowest BCUT2D eigenvalue weighted by atomic mass is 10.1. The van der Waals surface area contributed by atoms with Crippen LogP contribution < -0.4 is 4.74 Å². The minimum atomic E-state index is 0.374. The molecule has 2 heterocycles. The summed E-state index contributed by atoms with van der Waals surface area (Å²) in [5.41, 5.74) is 1.36. The summed E-state index contributed by atoms with van der Waals surface area (Å²) >= 11 is 0. The Kier molecular flexibility index (Phi) is 6.52. The van der Waals surface area contributed by atoms with Crippen LogP contribution in [0.4, 0.5) is 0 Å². The highest BCUT2D eigenvalue weighted by atomic mass is 16.5. The summed E-state index contributed by atoms with van der Waals surface area (Å²) < 4.78 is 11.6. The second-order valence-electron chi connectivity index (χ2n) is 7.54. The molecule has 2 saturated heterocycles. The minimum Gasteiger partial charge on any atom is -0.490 e. The molecule has 2 aliphatic rings. The highest BCUT2D eigenvalue weighted by Crippen LogP contribution is 2.20. The molecular weight excluding hydrogens is 300 g/mol. The van der Waals surface area contributed by atoms with E-state index in [-0.39, 0.29) is 0 Å². The summed E-state index contributed by atoms with van der Waals surface area (Å²) in [6.45, 7) is 12.9. The largest absolute Gasteiger partial charge is 0.490 e. The van der Waals surface area contributed by atoms with Gasteiger partial charge in [0.05, 0.1) is 13.2 Å². The van der Waals surface area contributed by atoms with Crippen molar-refractivity contribution in [2.24, 2.45) is 5.92 Å². The molecule has 0 bridgehead atoms. The van der Waals surface area contributed by atoms with Gasteiger partial charge < -0.3 is 14.4 Å². The zero-order valence-corrected chi connectivity index (χ0v) is 15.2. The van der Waals surface area contributed by atoms with Gasteiger partial charge >= 0.3 is 0 Å². The van der Waals surface area contributed by atoms with Crippen LogP contribution in [0.2, 0.25) is 0 Å². The zero-order chi connectivity index (χ0) is 16.8. The fourth-order valence-corrected chi connectivity index (χ4v) is 3.61. The molecule has 0 atom stereocenters. The molecular formula is C20H32N2O2. The third kappa shape index (κ3) is 5.47. The van der Waals surface area contributed by atoms with E-state index in [1.54, 1.807) is 0 Å². The third-order valence-corrected chi connectivity index (χ3v) is 4.89. The predicted molar refractivity (Wildman–Crippen MR) is 97.5 cm³/mol. The maximum absolute atomic E-state index is 6.19. The van der Waals surface area contributed by atoms with Crippen molar-refractivity contribution in [1.82, 2.24) is 9.80 Å². The Hall–Kier alpha value is -1.10. The van der Waals surface area contributed by atoms with Crippen LogP contribution in [0.15, 0.2) is 24.3 Å². The van der Waals surface area contributed by atoms with Gasteiger partial charge in [-0.2, -0.15) is 0 Å². The molecule has 0 aliphatic carbocycles. The van der Waals surface area contributed by atoms with Gasteiger partial charge in [0, 0.05) is 39.3 Å². The quantitative estimate of drug-likeness (QED) is 0.799. The van der Waals surface area contributed by atoms with E-state index in [0.29, 0.717) is 6.10 Å². The molecule has 0 unspecified atom stereocenters. The van der Waals surface area contributed by atoms with Crippen molar-refractivity contribution < 1.29 is 9.47 Å². The predicted octanol–water partition coefficient (Wildman–Crippen LogP) is 3.02. The van der Waals surface area contributed by atoms with Gasteiger partial charge in [-0.25, -0.2) is 0 Å². The minimum absolute atomic E-state index is 0.374. The lowest BCUT2D eigenvalue weighted by molar-refractivity contribution is 0.0341. The summed E-state index contributed by atoms with van der Waals surface area (Å²) in [5, 5.41) is 0. The molecule has 0 spiro atoms. The van der Waals surface area contributed by atoms with Gasteiger partial charge in [-0.15, -0.1) is 0 Å². The summed E-state index contributed by atoms with van der Waals surface area (Å²) in [7, 11) is 0. The molecule has 1 aromatic carbocycles. The Morgan fingerprint density at radius 2 is 1.67 bits per heavy atom. The molecule has 0 saturated carbocycles. The highest BCUT2D eigenvalue weighted by Gasteiger charge is 2.21. The van der Waals surface area contributed by atoms with Gasteiger partial charge in [0.1, 0.15) is 11.9 Å². The highest BCUT2D eigenvalue weighted by molar-refractivity contribution is 5.27. The van der Waals surface area contributed by atoms with E-state index < -0.39 is 0 Å². The smallest absolute Gasteiger partial charge is 0.119 e. The van der Waals surface area contributed by atoms with E-state index in [4.69, 9.17) is 9.47 Å². The Morgan fingerprint density at radius 3 is 2.29 bits per heavy atom. The Balaban J connectivity index is 1.43. The van der Waals surface area contributed by atoms with Crippen molar-refractivity contribution in [2.75, 3.05) is 45.9 Å². The first-order valence-electron chi connectivity index (χ1n) is 9.47. The molecule has 2 fully saturated rings. The summed E-state index contributed by atoms with van der Waals surface area (Å²) in [6, 6.07) is 8.68. The summed E-state index contributed by atoms with van der Waals surface area (Å²) in [4.78, 5) is 5.01. The number of rotatable bonds is 6. The number of nitrogens with zero attached hydrogens (tertiary/aromatic N) is 2. The van der Waals surface area contributed by atoms with E-state index in [9.17, 15) is 0 Å². The molecule has 0 amide bonds. The standard InChI is InChI=1S/C20H32N2O2/c1-17(2)15-21-9-7-20(8-10-21)24-19-5-3-18(4-6-19)16-22-11-13-23-14-12-22/h3-6,17,20H,7-16H2,1-2H3. The van der Waals surface area contributed by atoms with Crippen molar-refractivity contribution >= 4 is 0 Å². The van der Waals surface area contributed by atoms with Crippen LogP contribution >= 0.6 is 0 Å². The van der Waals surface area contributed by atoms with E-state index in [0.717, 1.165) is 70.4 Å². The van der Waals surface area contributed by atoms with Gasteiger partial charge in [0.15, 0.2) is 0 Å². The van der Waals surface area contributed by atoms with E-state index in [2.05, 4.69) is 47.9 Å². The normalized spacial score (nSPS) is 21.3. The van der Waals surface area contributed by atoms with Gasteiger partial charge in [-0.1, -0.05) is 26.0 Å². The first-order valence-corrected chi connectivity index (χ1v) is 9.47. The number of morpholine rings is 1. The maximum Gasteiger partial charge on any atom is 0.119 e. The lowest BCUT2D eigenvalue weighted by Gasteiger charge is -2.33. The van der Waals surface area contributed by atoms with Gasteiger partial charge in [0.2, 0.25) is 0 Å². The van der Waals surface area contributed by atoms with Crippen LogP contribution in [0.5, 0.6) is 5.75 Å². The average Bonchev–Trinajstić information content (AvgIpc) is 2.59. The first-order chi connectivity index (χ1) is 11.7. The molecule has 0 aromatic heterocycles. The van der Waals surface area contributed by atoms with Crippen LogP contribution in [-0.2, 0) is 11.3 Å². The summed E-state index contributed by atoms with van der Waals surface area (Å²) in [5.74, 6) is 1.77. The van der Waals surface area contributed by atoms with Crippen LogP contribution in [-0.4, -0.2) is 61.8 Å². The average molecular weight is 332 g/mol. The fourth-order valence-electron chi connectivity index (χ4n) is 3.61. The van der Waals surface area contributed by atoms with Crippen molar-refractivity contribution in [2.45, 2.75) is 39.3 Å². The SMILES string of the molecule is CC(C)CN1CCC(Oc2ccc(CN3CCOCC3)cc2)CC1. The Labute approximate surface area is 146 Å². The zero-order valence-electron chi connectivity index (χ0n) is 15.2. The molecule has 1 aromatic rings. The number of benzene rings is 1.